The molecule has 2 atom stereocenters. The van der Waals surface area contributed by atoms with Crippen LogP contribution < -0.4 is 20.9 Å². The van der Waals surface area contributed by atoms with Crippen molar-refractivity contribution in [3.63, 3.8) is 0 Å². The number of nitrogens with zero attached hydrogens (tertiary/aromatic N) is 1. The van der Waals surface area contributed by atoms with E-state index in [0.717, 1.165) is 48.8 Å². The summed E-state index contributed by atoms with van der Waals surface area (Å²) in [6.07, 6.45) is 6.45. The molecule has 1 heterocycles. The predicted octanol–water partition coefficient (Wildman–Crippen LogP) is 6.15. The molecule has 5 rings (SSSR count). The van der Waals surface area contributed by atoms with Crippen molar-refractivity contribution in [2.45, 2.75) is 76.3 Å². The van der Waals surface area contributed by atoms with E-state index in [1.54, 1.807) is 4.90 Å². The van der Waals surface area contributed by atoms with E-state index >= 15 is 0 Å². The van der Waals surface area contributed by atoms with Crippen LogP contribution in [0.5, 0.6) is 0 Å². The summed E-state index contributed by atoms with van der Waals surface area (Å²) in [6.45, 7) is 4.05. The number of amides is 4. The lowest BCUT2D eigenvalue weighted by Gasteiger charge is -2.35. The number of anilines is 2. The van der Waals surface area contributed by atoms with Crippen LogP contribution in [0, 0.1) is 0 Å². The van der Waals surface area contributed by atoms with Crippen LogP contribution in [0.25, 0.3) is 0 Å². The number of carbonyl (C=O) groups is 3. The second kappa shape index (κ2) is 12.6. The Morgan fingerprint density at radius 2 is 1.66 bits per heavy atom. The zero-order valence-corrected chi connectivity index (χ0v) is 24.0. The van der Waals surface area contributed by atoms with E-state index in [4.69, 9.17) is 0 Å². The Balaban J connectivity index is 1.44. The summed E-state index contributed by atoms with van der Waals surface area (Å²) in [6, 6.07) is 24.2. The lowest BCUT2D eigenvalue weighted by atomic mass is 9.83. The van der Waals surface area contributed by atoms with E-state index in [2.05, 4.69) is 29.8 Å². The number of benzene rings is 3. The topological polar surface area (TPSA) is 90.5 Å². The fraction of sp³-hybridized carbons (Fsp3) is 0.382. The second-order valence-corrected chi connectivity index (χ2v) is 11.6. The Hall–Kier alpha value is -4.13. The van der Waals surface area contributed by atoms with Gasteiger partial charge in [0.2, 0.25) is 11.8 Å². The molecule has 41 heavy (non-hydrogen) atoms. The number of carbonyl (C=O) groups excluding carboxylic acids is 3. The minimum absolute atomic E-state index is 0.106. The molecule has 3 N–H and O–H groups in total. The summed E-state index contributed by atoms with van der Waals surface area (Å²) in [5.74, 6) is -0.624. The smallest absolute Gasteiger partial charge is 0.319 e. The van der Waals surface area contributed by atoms with Gasteiger partial charge >= 0.3 is 6.03 Å². The highest BCUT2D eigenvalue weighted by Gasteiger charge is 2.38. The molecule has 1 fully saturated rings. The first-order valence-corrected chi connectivity index (χ1v) is 14.8. The molecule has 0 saturated heterocycles. The zero-order valence-electron chi connectivity index (χ0n) is 24.0. The van der Waals surface area contributed by atoms with Gasteiger partial charge in [-0.15, -0.1) is 0 Å². The summed E-state index contributed by atoms with van der Waals surface area (Å²) < 4.78 is 0. The molecule has 0 aromatic heterocycles. The summed E-state index contributed by atoms with van der Waals surface area (Å²) in [7, 11) is 0. The molecule has 0 radical (unpaired) electrons. The summed E-state index contributed by atoms with van der Waals surface area (Å²) >= 11 is 0. The molecule has 1 aliphatic carbocycles. The van der Waals surface area contributed by atoms with Gasteiger partial charge in [-0.3, -0.25) is 9.59 Å². The summed E-state index contributed by atoms with van der Waals surface area (Å²) in [4.78, 5) is 42.4. The SMILES string of the molecule is CCc1cccc(NC(=O)NC2CC(c3ccccc3)c3ccccc3N(CC(=O)NC3(C)CCCCC3)C2=O)c1. The van der Waals surface area contributed by atoms with Crippen LogP contribution in [0.1, 0.15) is 75.0 Å². The third-order valence-electron chi connectivity index (χ3n) is 8.44. The minimum atomic E-state index is -0.833. The Bertz CT molecular complexity index is 1380. The first kappa shape index (κ1) is 28.4. The van der Waals surface area contributed by atoms with E-state index < -0.39 is 12.1 Å². The molecular formula is C34H40N4O3. The molecule has 3 aromatic rings. The standard InChI is InChI=1S/C34H40N4O3/c1-3-24-13-12-16-26(21-24)35-33(41)36-29-22-28(25-14-6-4-7-15-25)27-17-8-9-18-30(27)38(32(29)40)23-31(39)37-34(2)19-10-5-11-20-34/h4,6-9,12-18,21,28-29H,3,5,10-11,19-20,22-23H2,1-2H3,(H,37,39)(H2,35,36,41). The van der Waals surface area contributed by atoms with E-state index in [1.165, 1.54) is 6.42 Å². The highest BCUT2D eigenvalue weighted by molar-refractivity contribution is 6.05. The van der Waals surface area contributed by atoms with E-state index in [9.17, 15) is 14.4 Å². The summed E-state index contributed by atoms with van der Waals surface area (Å²) in [5, 5.41) is 9.07. The van der Waals surface area contributed by atoms with E-state index in [1.807, 2.05) is 78.9 Å². The number of fused-ring (bicyclic) bond motifs is 1. The third kappa shape index (κ3) is 6.79. The largest absolute Gasteiger partial charge is 0.349 e. The monoisotopic (exact) mass is 552 g/mol. The number of hydrogen-bond donors (Lipinski definition) is 3. The molecule has 3 aromatic carbocycles. The average molecular weight is 553 g/mol. The predicted molar refractivity (Wildman–Crippen MR) is 163 cm³/mol. The van der Waals surface area contributed by atoms with Crippen molar-refractivity contribution >= 4 is 29.2 Å². The normalized spacial score (nSPS) is 20.0. The molecule has 0 bridgehead atoms. The van der Waals surface area contributed by atoms with Gasteiger partial charge in [-0.05, 0) is 67.5 Å². The zero-order chi connectivity index (χ0) is 28.8. The molecule has 1 aliphatic heterocycles. The molecule has 1 saturated carbocycles. The van der Waals surface area contributed by atoms with Crippen LogP contribution in [0.15, 0.2) is 78.9 Å². The highest BCUT2D eigenvalue weighted by Crippen LogP contribution is 2.39. The fourth-order valence-electron chi connectivity index (χ4n) is 6.25. The van der Waals surface area contributed by atoms with Gasteiger partial charge in [-0.25, -0.2) is 4.79 Å². The van der Waals surface area contributed by atoms with Crippen LogP contribution in [0.3, 0.4) is 0 Å². The van der Waals surface area contributed by atoms with Crippen molar-refractivity contribution in [3.05, 3.63) is 95.6 Å². The van der Waals surface area contributed by atoms with Crippen molar-refractivity contribution in [1.82, 2.24) is 10.6 Å². The van der Waals surface area contributed by atoms with Gasteiger partial charge in [0.15, 0.2) is 0 Å². The van der Waals surface area contributed by atoms with Gasteiger partial charge in [-0.2, -0.15) is 0 Å². The molecule has 7 nitrogen and oxygen atoms in total. The van der Waals surface area contributed by atoms with Gasteiger partial charge in [0.25, 0.3) is 0 Å². The lowest BCUT2D eigenvalue weighted by molar-refractivity contribution is -0.125. The van der Waals surface area contributed by atoms with Gasteiger partial charge in [-0.1, -0.05) is 86.8 Å². The average Bonchev–Trinajstić information content (AvgIpc) is 3.08. The number of nitrogens with one attached hydrogen (secondary N) is 3. The Morgan fingerprint density at radius 1 is 0.927 bits per heavy atom. The highest BCUT2D eigenvalue weighted by atomic mass is 16.2. The van der Waals surface area contributed by atoms with Crippen molar-refractivity contribution in [3.8, 4) is 0 Å². The van der Waals surface area contributed by atoms with Crippen molar-refractivity contribution in [2.24, 2.45) is 0 Å². The number of rotatable bonds is 7. The number of hydrogen-bond acceptors (Lipinski definition) is 3. The minimum Gasteiger partial charge on any atom is -0.349 e. The third-order valence-corrected chi connectivity index (χ3v) is 8.44. The van der Waals surface area contributed by atoms with Gasteiger partial charge in [0.1, 0.15) is 12.6 Å². The second-order valence-electron chi connectivity index (χ2n) is 11.6. The van der Waals surface area contributed by atoms with E-state index in [0.29, 0.717) is 17.8 Å². The molecule has 4 amide bonds. The van der Waals surface area contributed by atoms with Gasteiger partial charge in [0, 0.05) is 22.8 Å². The maximum atomic E-state index is 14.2. The Labute approximate surface area is 242 Å². The molecule has 2 aliphatic rings. The number of aryl methyl sites for hydroxylation is 1. The van der Waals surface area contributed by atoms with E-state index in [-0.39, 0.29) is 29.8 Å². The van der Waals surface area contributed by atoms with Gasteiger partial charge in [0.05, 0.1) is 0 Å². The van der Waals surface area contributed by atoms with Crippen LogP contribution in [0.2, 0.25) is 0 Å². The molecular weight excluding hydrogens is 512 g/mol. The van der Waals surface area contributed by atoms with Crippen LogP contribution in [0.4, 0.5) is 16.2 Å². The Kier molecular flexibility index (Phi) is 8.72. The van der Waals surface area contributed by atoms with Gasteiger partial charge < -0.3 is 20.9 Å². The quantitative estimate of drug-likeness (QED) is 0.329. The maximum absolute atomic E-state index is 14.2. The Morgan fingerprint density at radius 3 is 2.41 bits per heavy atom. The molecule has 7 heteroatoms. The van der Waals surface area contributed by atoms with Crippen LogP contribution >= 0.6 is 0 Å². The molecule has 214 valence electrons. The molecule has 2 unspecified atom stereocenters. The first-order valence-electron chi connectivity index (χ1n) is 14.8. The maximum Gasteiger partial charge on any atom is 0.319 e. The number of para-hydroxylation sites is 1. The van der Waals surface area contributed by atoms with Crippen molar-refractivity contribution < 1.29 is 14.4 Å². The molecule has 0 spiro atoms. The lowest BCUT2D eigenvalue weighted by Crippen LogP contribution is -2.54. The van der Waals surface area contributed by atoms with Crippen molar-refractivity contribution in [1.29, 1.82) is 0 Å². The van der Waals surface area contributed by atoms with Crippen LogP contribution in [-0.2, 0) is 16.0 Å². The summed E-state index contributed by atoms with van der Waals surface area (Å²) in [5.41, 5.74) is 4.23. The van der Waals surface area contributed by atoms with Crippen molar-refractivity contribution in [2.75, 3.05) is 16.8 Å². The van der Waals surface area contributed by atoms with Crippen LogP contribution in [-0.4, -0.2) is 36.0 Å². The fourth-order valence-corrected chi connectivity index (χ4v) is 6.25. The number of urea groups is 1. The first-order chi connectivity index (χ1) is 19.8.